The standard InChI is InChI=1S/C9H7BrClN3/c10-7-1-2-8(13-5-7)6-14-4-3-12-9(14)11/h1-5H,6H2. The zero-order valence-corrected chi connectivity index (χ0v) is 9.53. The molecule has 0 saturated heterocycles. The van der Waals surface area contributed by atoms with Gasteiger partial charge < -0.3 is 4.57 Å². The maximum absolute atomic E-state index is 5.84. The summed E-state index contributed by atoms with van der Waals surface area (Å²) < 4.78 is 2.80. The number of pyridine rings is 1. The summed E-state index contributed by atoms with van der Waals surface area (Å²) >= 11 is 9.17. The molecular weight excluding hydrogens is 265 g/mol. The van der Waals surface area contributed by atoms with Crippen molar-refractivity contribution in [3.05, 3.63) is 46.2 Å². The number of aromatic nitrogens is 3. The van der Waals surface area contributed by atoms with Crippen molar-refractivity contribution in [1.29, 1.82) is 0 Å². The quantitative estimate of drug-likeness (QED) is 0.841. The Labute approximate surface area is 94.9 Å². The first-order valence-corrected chi connectivity index (χ1v) is 5.20. The summed E-state index contributed by atoms with van der Waals surface area (Å²) in [5.74, 6) is 0. The zero-order chi connectivity index (χ0) is 9.97. The van der Waals surface area contributed by atoms with Crippen LogP contribution in [-0.2, 0) is 6.54 Å². The lowest BCUT2D eigenvalue weighted by atomic mass is 10.3. The van der Waals surface area contributed by atoms with Crippen LogP contribution < -0.4 is 0 Å². The van der Waals surface area contributed by atoms with Crippen molar-refractivity contribution in [2.45, 2.75) is 6.54 Å². The Morgan fingerprint density at radius 1 is 1.36 bits per heavy atom. The Morgan fingerprint density at radius 2 is 2.21 bits per heavy atom. The number of imidazole rings is 1. The Bertz CT molecular complexity index is 424. The minimum Gasteiger partial charge on any atom is -0.316 e. The summed E-state index contributed by atoms with van der Waals surface area (Å²) in [6.07, 6.45) is 5.26. The van der Waals surface area contributed by atoms with Crippen LogP contribution in [0, 0.1) is 0 Å². The van der Waals surface area contributed by atoms with Gasteiger partial charge in [0.25, 0.3) is 0 Å². The van der Waals surface area contributed by atoms with Gasteiger partial charge in [-0.15, -0.1) is 0 Å². The van der Waals surface area contributed by atoms with Gasteiger partial charge in [0.1, 0.15) is 0 Å². The fraction of sp³-hybridized carbons (Fsp3) is 0.111. The van der Waals surface area contributed by atoms with E-state index in [0.29, 0.717) is 11.8 Å². The smallest absolute Gasteiger partial charge is 0.203 e. The van der Waals surface area contributed by atoms with E-state index in [1.54, 1.807) is 12.4 Å². The Balaban J connectivity index is 2.19. The van der Waals surface area contributed by atoms with Crippen molar-refractivity contribution < 1.29 is 0 Å². The fourth-order valence-corrected chi connectivity index (χ4v) is 1.51. The van der Waals surface area contributed by atoms with E-state index in [1.807, 2.05) is 22.9 Å². The second-order valence-corrected chi connectivity index (χ2v) is 4.05. The molecule has 2 heterocycles. The van der Waals surface area contributed by atoms with E-state index in [4.69, 9.17) is 11.6 Å². The van der Waals surface area contributed by atoms with Crippen LogP contribution in [0.15, 0.2) is 35.2 Å². The van der Waals surface area contributed by atoms with Gasteiger partial charge in [0.15, 0.2) is 0 Å². The average molecular weight is 273 g/mol. The molecule has 5 heteroatoms. The van der Waals surface area contributed by atoms with E-state index >= 15 is 0 Å². The topological polar surface area (TPSA) is 30.7 Å². The zero-order valence-electron chi connectivity index (χ0n) is 7.19. The molecule has 0 aliphatic carbocycles. The molecule has 0 radical (unpaired) electrons. The highest BCUT2D eigenvalue weighted by Gasteiger charge is 2.00. The Morgan fingerprint density at radius 3 is 2.79 bits per heavy atom. The molecule has 2 aromatic rings. The molecule has 0 atom stereocenters. The largest absolute Gasteiger partial charge is 0.316 e. The van der Waals surface area contributed by atoms with Crippen LogP contribution >= 0.6 is 27.5 Å². The molecule has 0 spiro atoms. The van der Waals surface area contributed by atoms with Gasteiger partial charge >= 0.3 is 0 Å². The van der Waals surface area contributed by atoms with E-state index in [1.165, 1.54) is 0 Å². The number of halogens is 2. The van der Waals surface area contributed by atoms with Crippen molar-refractivity contribution >= 4 is 27.5 Å². The van der Waals surface area contributed by atoms with Gasteiger partial charge in [0, 0.05) is 23.1 Å². The third kappa shape index (κ3) is 2.13. The van der Waals surface area contributed by atoms with E-state index < -0.39 is 0 Å². The number of hydrogen-bond donors (Lipinski definition) is 0. The number of hydrogen-bond acceptors (Lipinski definition) is 2. The van der Waals surface area contributed by atoms with Crippen molar-refractivity contribution in [2.24, 2.45) is 0 Å². The third-order valence-corrected chi connectivity index (χ3v) is 2.57. The van der Waals surface area contributed by atoms with E-state index in [0.717, 1.165) is 10.2 Å². The van der Waals surface area contributed by atoms with Gasteiger partial charge in [-0.2, -0.15) is 0 Å². The summed E-state index contributed by atoms with van der Waals surface area (Å²) in [5.41, 5.74) is 0.952. The first-order valence-electron chi connectivity index (χ1n) is 4.03. The fourth-order valence-electron chi connectivity index (χ4n) is 1.10. The molecule has 0 N–H and O–H groups in total. The minimum atomic E-state index is 0.481. The van der Waals surface area contributed by atoms with Crippen LogP contribution in [-0.4, -0.2) is 14.5 Å². The molecule has 0 fully saturated rings. The van der Waals surface area contributed by atoms with Gasteiger partial charge in [-0.1, -0.05) is 0 Å². The molecule has 72 valence electrons. The van der Waals surface area contributed by atoms with Gasteiger partial charge in [-0.05, 0) is 39.7 Å². The van der Waals surface area contributed by atoms with Gasteiger partial charge in [0.05, 0.1) is 12.2 Å². The second-order valence-electron chi connectivity index (χ2n) is 2.79. The highest BCUT2D eigenvalue weighted by Crippen LogP contribution is 2.11. The molecule has 0 aliphatic heterocycles. The molecule has 2 aromatic heterocycles. The summed E-state index contributed by atoms with van der Waals surface area (Å²) in [7, 11) is 0. The normalized spacial score (nSPS) is 10.4. The lowest BCUT2D eigenvalue weighted by Gasteiger charge is -2.02. The average Bonchev–Trinajstić information content (AvgIpc) is 2.56. The van der Waals surface area contributed by atoms with Crippen molar-refractivity contribution in [3.63, 3.8) is 0 Å². The summed E-state index contributed by atoms with van der Waals surface area (Å²) in [4.78, 5) is 8.16. The molecule has 0 saturated carbocycles. The number of rotatable bonds is 2. The van der Waals surface area contributed by atoms with Gasteiger partial charge in [-0.3, -0.25) is 4.98 Å². The monoisotopic (exact) mass is 271 g/mol. The molecule has 0 unspecified atom stereocenters. The molecule has 14 heavy (non-hydrogen) atoms. The summed E-state index contributed by atoms with van der Waals surface area (Å²) in [6, 6.07) is 3.90. The highest BCUT2D eigenvalue weighted by molar-refractivity contribution is 9.10. The molecule has 0 bridgehead atoms. The maximum atomic E-state index is 5.84. The predicted octanol–water partition coefficient (Wildman–Crippen LogP) is 2.74. The number of nitrogens with zero attached hydrogens (tertiary/aromatic N) is 3. The van der Waals surface area contributed by atoms with Crippen LogP contribution in [0.25, 0.3) is 0 Å². The first kappa shape index (κ1) is 9.68. The minimum absolute atomic E-state index is 0.481. The SMILES string of the molecule is Clc1nccn1Cc1ccc(Br)cn1. The molecule has 3 nitrogen and oxygen atoms in total. The summed E-state index contributed by atoms with van der Waals surface area (Å²) in [5, 5.41) is 0.481. The van der Waals surface area contributed by atoms with Crippen LogP contribution in [0.4, 0.5) is 0 Å². The van der Waals surface area contributed by atoms with Crippen LogP contribution in [0.1, 0.15) is 5.69 Å². The lowest BCUT2D eigenvalue weighted by molar-refractivity contribution is 0.773. The Hall–Kier alpha value is -0.870. The molecule has 0 amide bonds. The van der Waals surface area contributed by atoms with Crippen LogP contribution in [0.2, 0.25) is 5.28 Å². The molecule has 2 rings (SSSR count). The first-order chi connectivity index (χ1) is 6.75. The van der Waals surface area contributed by atoms with Crippen LogP contribution in [0.5, 0.6) is 0 Å². The van der Waals surface area contributed by atoms with E-state index in [-0.39, 0.29) is 0 Å². The van der Waals surface area contributed by atoms with Gasteiger partial charge in [0.2, 0.25) is 5.28 Å². The third-order valence-electron chi connectivity index (χ3n) is 1.79. The van der Waals surface area contributed by atoms with Crippen molar-refractivity contribution in [1.82, 2.24) is 14.5 Å². The van der Waals surface area contributed by atoms with E-state index in [9.17, 15) is 0 Å². The lowest BCUT2D eigenvalue weighted by Crippen LogP contribution is -2.00. The van der Waals surface area contributed by atoms with E-state index in [2.05, 4.69) is 25.9 Å². The van der Waals surface area contributed by atoms with Crippen LogP contribution in [0.3, 0.4) is 0 Å². The molecule has 0 aliphatic rings. The maximum Gasteiger partial charge on any atom is 0.203 e. The summed E-state index contributed by atoms with van der Waals surface area (Å²) in [6.45, 7) is 0.645. The molecular formula is C9H7BrClN3. The highest BCUT2D eigenvalue weighted by atomic mass is 79.9. The van der Waals surface area contributed by atoms with Crippen molar-refractivity contribution in [2.75, 3.05) is 0 Å². The Kier molecular flexibility index (Phi) is 2.84. The van der Waals surface area contributed by atoms with Gasteiger partial charge in [-0.25, -0.2) is 4.98 Å². The molecule has 0 aromatic carbocycles. The second kappa shape index (κ2) is 4.11. The van der Waals surface area contributed by atoms with Crippen molar-refractivity contribution in [3.8, 4) is 0 Å². The predicted molar refractivity (Wildman–Crippen MR) is 58.3 cm³/mol.